The quantitative estimate of drug-likeness (QED) is 0.215. The molecule has 0 radical (unpaired) electrons. The van der Waals surface area contributed by atoms with Crippen LogP contribution in [0.1, 0.15) is 86.0 Å². The Balaban J connectivity index is 1.75. The van der Waals surface area contributed by atoms with Crippen molar-refractivity contribution in [3.8, 4) is 0 Å². The average Bonchev–Trinajstić information content (AvgIpc) is 3.22. The van der Waals surface area contributed by atoms with Gasteiger partial charge in [-0.1, -0.05) is 51.2 Å². The third-order valence-electron chi connectivity index (χ3n) is 9.22. The number of ketones is 1. The second kappa shape index (κ2) is 13.4. The Morgan fingerprint density at radius 1 is 1.18 bits per heavy atom. The molecular formula is C31H49O6P. The Labute approximate surface area is 229 Å². The van der Waals surface area contributed by atoms with E-state index in [0.29, 0.717) is 31.1 Å². The third kappa shape index (κ3) is 6.70. The molecule has 3 saturated carbocycles. The number of hydrogen-bond donors (Lipinski definition) is 2. The Morgan fingerprint density at radius 2 is 1.87 bits per heavy atom. The first kappa shape index (κ1) is 31.2. The van der Waals surface area contributed by atoms with E-state index >= 15 is 0 Å². The lowest BCUT2D eigenvalue weighted by molar-refractivity contribution is -0.114. The van der Waals surface area contributed by atoms with E-state index < -0.39 is 25.5 Å². The Bertz CT molecular complexity index is 986. The van der Waals surface area contributed by atoms with Gasteiger partial charge in [0.15, 0.2) is 5.78 Å². The lowest BCUT2D eigenvalue weighted by atomic mass is 9.61. The van der Waals surface area contributed by atoms with Crippen molar-refractivity contribution < 1.29 is 28.6 Å². The van der Waals surface area contributed by atoms with Gasteiger partial charge in [0.05, 0.1) is 25.4 Å². The van der Waals surface area contributed by atoms with Crippen LogP contribution in [0.2, 0.25) is 0 Å². The predicted octanol–water partition coefficient (Wildman–Crippen LogP) is 6.93. The molecule has 3 fully saturated rings. The molecule has 0 saturated heterocycles. The topological polar surface area (TPSA) is 93.1 Å². The fraction of sp³-hybridized carbons (Fsp3) is 0.710. The maximum atomic E-state index is 13.3. The van der Waals surface area contributed by atoms with E-state index in [2.05, 4.69) is 32.6 Å². The largest absolute Gasteiger partial charge is 0.393 e. The molecule has 0 aromatic heterocycles. The molecular weight excluding hydrogens is 499 g/mol. The summed E-state index contributed by atoms with van der Waals surface area (Å²) >= 11 is 0. The molecule has 0 heterocycles. The lowest BCUT2D eigenvalue weighted by Crippen LogP contribution is -2.35. The van der Waals surface area contributed by atoms with E-state index in [0.717, 1.165) is 43.3 Å². The minimum atomic E-state index is -3.50. The van der Waals surface area contributed by atoms with Crippen molar-refractivity contribution in [3.63, 3.8) is 0 Å². The summed E-state index contributed by atoms with van der Waals surface area (Å²) < 4.78 is 24.2. The van der Waals surface area contributed by atoms with Gasteiger partial charge in [0, 0.05) is 6.42 Å². The molecule has 0 bridgehead atoms. The van der Waals surface area contributed by atoms with Crippen LogP contribution in [0.25, 0.3) is 0 Å². The van der Waals surface area contributed by atoms with Gasteiger partial charge in [-0.25, -0.2) is 0 Å². The van der Waals surface area contributed by atoms with Crippen LogP contribution in [0.5, 0.6) is 0 Å². The van der Waals surface area contributed by atoms with Gasteiger partial charge in [-0.15, -0.1) is 0 Å². The standard InChI is InChI=1S/C31H49O6P/c1-7-30(38(35,36-8-2)37-9-3)28(33)17-12-21(4)26-15-16-27-23(11-10-18-31(26,27)6)13-14-24-19-25(32)20-29(34)22(24)5/h12-14,17,21,25-27,29-30,32,34H,5,7-11,15-16,18-20H2,1-4,6H3/t21-,25-,26-,27?,29+,30?,31-/m1/s1. The van der Waals surface area contributed by atoms with Crippen LogP contribution in [0.3, 0.4) is 0 Å². The molecule has 214 valence electrons. The molecule has 3 rings (SSSR count). The molecule has 0 spiro atoms. The van der Waals surface area contributed by atoms with Gasteiger partial charge in [-0.05, 0) is 99.2 Å². The smallest absolute Gasteiger partial charge is 0.341 e. The number of carbonyl (C=O) groups excluding carboxylic acids is 1. The van der Waals surface area contributed by atoms with Crippen molar-refractivity contribution >= 4 is 13.4 Å². The second-order valence-electron chi connectivity index (χ2n) is 11.6. The number of aliphatic hydroxyl groups excluding tert-OH is 2. The zero-order valence-corrected chi connectivity index (χ0v) is 24.9. The maximum Gasteiger partial charge on any atom is 0.341 e. The molecule has 7 heteroatoms. The van der Waals surface area contributed by atoms with Gasteiger partial charge in [0.1, 0.15) is 5.66 Å². The molecule has 2 N–H and O–H groups in total. The molecule has 38 heavy (non-hydrogen) atoms. The highest BCUT2D eigenvalue weighted by atomic mass is 31.2. The zero-order valence-electron chi connectivity index (χ0n) is 24.0. The Kier molecular flexibility index (Phi) is 11.0. The molecule has 6 nitrogen and oxygen atoms in total. The van der Waals surface area contributed by atoms with E-state index in [-0.39, 0.29) is 30.3 Å². The summed E-state index contributed by atoms with van der Waals surface area (Å²) in [4.78, 5) is 13.1. The number of hydrogen-bond acceptors (Lipinski definition) is 6. The summed E-state index contributed by atoms with van der Waals surface area (Å²) in [6.07, 6.45) is 13.6. The van der Waals surface area contributed by atoms with E-state index in [1.54, 1.807) is 19.9 Å². The molecule has 0 amide bonds. The summed E-state index contributed by atoms with van der Waals surface area (Å²) in [5, 5.41) is 20.3. The van der Waals surface area contributed by atoms with Crippen molar-refractivity contribution in [1.29, 1.82) is 0 Å². The van der Waals surface area contributed by atoms with Crippen molar-refractivity contribution in [2.45, 2.75) is 104 Å². The monoisotopic (exact) mass is 548 g/mol. The van der Waals surface area contributed by atoms with Gasteiger partial charge < -0.3 is 19.3 Å². The fourth-order valence-electron chi connectivity index (χ4n) is 7.26. The second-order valence-corrected chi connectivity index (χ2v) is 13.8. The van der Waals surface area contributed by atoms with E-state index in [9.17, 15) is 19.6 Å². The first-order valence-corrected chi connectivity index (χ1v) is 16.2. The maximum absolute atomic E-state index is 13.3. The van der Waals surface area contributed by atoms with Crippen LogP contribution in [0.4, 0.5) is 0 Å². The van der Waals surface area contributed by atoms with Crippen molar-refractivity contribution in [3.05, 3.63) is 47.6 Å². The fourth-order valence-corrected chi connectivity index (χ4v) is 9.26. The molecule has 0 aromatic rings. The van der Waals surface area contributed by atoms with Crippen molar-refractivity contribution in [2.24, 2.45) is 23.2 Å². The SMILES string of the molecule is C=C1C(=CC=C2CCC[C@@]3(C)C2CC[C@@H]3[C@H](C)C=CC(=O)C(CC)P(=O)(OCC)OCC)C[C@@H](O)C[C@@H]1O. The van der Waals surface area contributed by atoms with Gasteiger partial charge in [0.25, 0.3) is 0 Å². The third-order valence-corrected chi connectivity index (χ3v) is 11.8. The summed E-state index contributed by atoms with van der Waals surface area (Å²) in [7, 11) is -3.50. The predicted molar refractivity (Wildman–Crippen MR) is 153 cm³/mol. The highest BCUT2D eigenvalue weighted by molar-refractivity contribution is 7.55. The van der Waals surface area contributed by atoms with E-state index in [4.69, 9.17) is 9.05 Å². The van der Waals surface area contributed by atoms with E-state index in [1.165, 1.54) is 5.57 Å². The first-order valence-electron chi connectivity index (χ1n) is 14.6. The van der Waals surface area contributed by atoms with Crippen LogP contribution in [-0.4, -0.2) is 47.1 Å². The summed E-state index contributed by atoms with van der Waals surface area (Å²) in [6.45, 7) is 14.5. The van der Waals surface area contributed by atoms with Crippen molar-refractivity contribution in [1.82, 2.24) is 0 Å². The highest BCUT2D eigenvalue weighted by Gasteiger charge is 2.50. The average molecular weight is 549 g/mol. The number of aliphatic hydroxyl groups is 2. The number of fused-ring (bicyclic) bond motifs is 1. The Morgan fingerprint density at radius 3 is 2.50 bits per heavy atom. The van der Waals surface area contributed by atoms with Crippen LogP contribution in [0, 0.1) is 23.2 Å². The van der Waals surface area contributed by atoms with Crippen LogP contribution < -0.4 is 0 Å². The minimum Gasteiger partial charge on any atom is -0.393 e. The highest BCUT2D eigenvalue weighted by Crippen LogP contribution is 2.60. The Hall–Kier alpha value is -1.30. The zero-order chi connectivity index (χ0) is 28.1. The molecule has 3 aliphatic carbocycles. The normalized spacial score (nSPS) is 34.1. The van der Waals surface area contributed by atoms with Crippen molar-refractivity contribution in [2.75, 3.05) is 13.2 Å². The van der Waals surface area contributed by atoms with Crippen LogP contribution >= 0.6 is 7.60 Å². The number of rotatable bonds is 11. The number of carbonyl (C=O) groups is 1. The summed E-state index contributed by atoms with van der Waals surface area (Å²) in [6, 6.07) is 0. The molecule has 3 aliphatic rings. The van der Waals surface area contributed by atoms with E-state index in [1.807, 2.05) is 13.0 Å². The molecule has 0 aromatic carbocycles. The molecule has 0 aliphatic heterocycles. The van der Waals surface area contributed by atoms with Crippen LogP contribution in [-0.2, 0) is 18.4 Å². The first-order chi connectivity index (χ1) is 18.0. The van der Waals surface area contributed by atoms with Gasteiger partial charge in [-0.3, -0.25) is 9.36 Å². The summed E-state index contributed by atoms with van der Waals surface area (Å²) in [5.74, 6) is 0.964. The summed E-state index contributed by atoms with van der Waals surface area (Å²) in [5.41, 5.74) is 2.49. The van der Waals surface area contributed by atoms with Crippen LogP contribution in [0.15, 0.2) is 47.6 Å². The minimum absolute atomic E-state index is 0.147. The van der Waals surface area contributed by atoms with Gasteiger partial charge in [-0.2, -0.15) is 0 Å². The molecule has 2 unspecified atom stereocenters. The van der Waals surface area contributed by atoms with Gasteiger partial charge in [0.2, 0.25) is 0 Å². The number of allylic oxidation sites excluding steroid dienone is 5. The molecule has 7 atom stereocenters. The van der Waals surface area contributed by atoms with Gasteiger partial charge >= 0.3 is 7.60 Å². The lowest BCUT2D eigenvalue weighted by Gasteiger charge is -2.44.